The molecule has 0 radical (unpaired) electrons. The first-order valence-corrected chi connectivity index (χ1v) is 11.7. The Morgan fingerprint density at radius 3 is 1.90 bits per heavy atom. The molecule has 30 heavy (non-hydrogen) atoms. The Labute approximate surface area is 177 Å². The second-order valence-electron chi connectivity index (χ2n) is 6.68. The minimum absolute atomic E-state index is 0.165. The average Bonchev–Trinajstić information content (AvgIpc) is 2.74. The predicted molar refractivity (Wildman–Crippen MR) is 113 cm³/mol. The Morgan fingerprint density at radius 2 is 1.40 bits per heavy atom. The van der Waals surface area contributed by atoms with E-state index in [9.17, 15) is 17.2 Å². The minimum atomic E-state index is -5.25. The Kier molecular flexibility index (Phi) is 6.80. The van der Waals surface area contributed by atoms with Gasteiger partial charge in [-0.2, -0.15) is 8.42 Å². The van der Waals surface area contributed by atoms with E-state index in [1.165, 1.54) is 0 Å². The van der Waals surface area contributed by atoms with E-state index in [0.717, 1.165) is 20.2 Å². The molecule has 0 heterocycles. The van der Waals surface area contributed by atoms with E-state index in [-0.39, 0.29) is 5.75 Å². The summed E-state index contributed by atoms with van der Waals surface area (Å²) in [5.41, 5.74) is 1.15. The van der Waals surface area contributed by atoms with Gasteiger partial charge >= 0.3 is 10.1 Å². The highest BCUT2D eigenvalue weighted by Crippen LogP contribution is 2.32. The summed E-state index contributed by atoms with van der Waals surface area (Å²) < 4.78 is 63.0. The maximum Gasteiger partial charge on any atom is 0.306 e. The van der Waals surface area contributed by atoms with E-state index in [0.29, 0.717) is 0 Å². The Balaban J connectivity index is 1.87. The van der Waals surface area contributed by atoms with Crippen LogP contribution < -0.4 is 4.74 Å². The van der Waals surface area contributed by atoms with Crippen LogP contribution >= 0.6 is 0 Å². The van der Waals surface area contributed by atoms with E-state index < -0.39 is 39.3 Å². The van der Waals surface area contributed by atoms with Gasteiger partial charge < -0.3 is 4.74 Å². The fraction of sp³-hybridized carbons (Fsp3) is 0.182. The number of aryl methyl sites for hydroxylation is 1. The fourth-order valence-corrected chi connectivity index (χ4v) is 5.09. The topological polar surface area (TPSA) is 63.6 Å². The van der Waals surface area contributed by atoms with Crippen LogP contribution in [0.4, 0.5) is 8.78 Å². The van der Waals surface area contributed by atoms with Crippen molar-refractivity contribution < 1.29 is 26.5 Å². The third-order valence-electron chi connectivity index (χ3n) is 4.41. The van der Waals surface area contributed by atoms with E-state index in [4.69, 9.17) is 9.29 Å². The lowest BCUT2D eigenvalue weighted by Crippen LogP contribution is -2.41. The van der Waals surface area contributed by atoms with Crippen LogP contribution in [0.5, 0.6) is 5.75 Å². The van der Waals surface area contributed by atoms with Gasteiger partial charge in [0.25, 0.3) is 5.00 Å². The quantitative estimate of drug-likeness (QED) is 0.387. The van der Waals surface area contributed by atoms with Crippen molar-refractivity contribution >= 4 is 21.0 Å². The molecule has 1 N–H and O–H groups in total. The third kappa shape index (κ3) is 5.00. The van der Waals surface area contributed by atoms with Crippen molar-refractivity contribution in [2.75, 3.05) is 13.3 Å². The summed E-state index contributed by atoms with van der Waals surface area (Å²) in [5.74, 6) is 0.165. The molecule has 158 valence electrons. The lowest BCUT2D eigenvalue weighted by atomic mass is 10.2. The summed E-state index contributed by atoms with van der Waals surface area (Å²) in [7, 11) is -5.64. The van der Waals surface area contributed by atoms with Gasteiger partial charge in [-0.1, -0.05) is 35.9 Å². The summed E-state index contributed by atoms with van der Waals surface area (Å²) in [6, 6.07) is 24.9. The molecule has 0 bridgehead atoms. The van der Waals surface area contributed by atoms with Crippen LogP contribution in [-0.2, 0) is 21.0 Å². The van der Waals surface area contributed by atoms with Crippen molar-refractivity contribution in [2.24, 2.45) is 0 Å². The maximum atomic E-state index is 14.1. The van der Waals surface area contributed by atoms with Crippen molar-refractivity contribution in [1.29, 1.82) is 0 Å². The lowest BCUT2D eigenvalue weighted by Gasteiger charge is -2.18. The molecule has 0 saturated heterocycles. The highest BCUT2D eigenvalue weighted by atomic mass is 32.2. The summed E-state index contributed by atoms with van der Waals surface area (Å²) in [6.45, 7) is -1.04. The first-order valence-electron chi connectivity index (χ1n) is 9.04. The number of alkyl halides is 2. The van der Waals surface area contributed by atoms with Gasteiger partial charge in [0.2, 0.25) is 0 Å². The zero-order chi connectivity index (χ0) is 21.8. The monoisotopic (exact) mass is 451 g/mol. The van der Waals surface area contributed by atoms with Gasteiger partial charge in [0, 0.05) is 0 Å². The number of rotatable bonds is 8. The largest absolute Gasteiger partial charge is 0.489 e. The average molecular weight is 452 g/mol. The molecule has 0 aromatic heterocycles. The van der Waals surface area contributed by atoms with E-state index in [1.54, 1.807) is 24.3 Å². The highest BCUT2D eigenvalue weighted by molar-refractivity contribution is 7.97. The van der Waals surface area contributed by atoms with Crippen LogP contribution in [-0.4, -0.2) is 31.3 Å². The van der Waals surface area contributed by atoms with Gasteiger partial charge in [-0.05, 0) is 55.5 Å². The first-order chi connectivity index (χ1) is 14.2. The van der Waals surface area contributed by atoms with Crippen LogP contribution in [0.15, 0.2) is 93.5 Å². The molecular formula is C22H21F2O4S2+. The molecular weight excluding hydrogens is 430 g/mol. The minimum Gasteiger partial charge on any atom is -0.489 e. The maximum absolute atomic E-state index is 14.1. The molecule has 3 aromatic rings. The lowest BCUT2D eigenvalue weighted by molar-refractivity contribution is 0.118. The molecule has 2 atom stereocenters. The smallest absolute Gasteiger partial charge is 0.306 e. The number of halogens is 2. The molecule has 0 saturated carbocycles. The van der Waals surface area contributed by atoms with E-state index in [1.807, 2.05) is 49.4 Å². The van der Waals surface area contributed by atoms with Gasteiger partial charge in [-0.3, -0.25) is 4.55 Å². The molecule has 0 spiro atoms. The van der Waals surface area contributed by atoms with Crippen LogP contribution in [0.2, 0.25) is 0 Å². The Morgan fingerprint density at radius 1 is 0.900 bits per heavy atom. The van der Waals surface area contributed by atoms with Crippen molar-refractivity contribution in [1.82, 2.24) is 0 Å². The predicted octanol–water partition coefficient (Wildman–Crippen LogP) is 4.99. The molecule has 2 unspecified atom stereocenters. The van der Waals surface area contributed by atoms with Gasteiger partial charge in [0.15, 0.2) is 14.7 Å². The highest BCUT2D eigenvalue weighted by Gasteiger charge is 2.45. The SMILES string of the molecule is Cc1ccc([S+](c2ccccc2)c2ccc(OCC(F)(CF)S(=O)(=O)O)cc2)cc1. The summed E-state index contributed by atoms with van der Waals surface area (Å²) in [5, 5.41) is -3.50. The number of ether oxygens (including phenoxy) is 1. The molecule has 0 amide bonds. The second kappa shape index (κ2) is 9.16. The van der Waals surface area contributed by atoms with E-state index in [2.05, 4.69) is 12.1 Å². The Hall–Kier alpha value is -2.42. The van der Waals surface area contributed by atoms with Crippen LogP contribution in [0.25, 0.3) is 0 Å². The summed E-state index contributed by atoms with van der Waals surface area (Å²) >= 11 is 0. The summed E-state index contributed by atoms with van der Waals surface area (Å²) in [6.07, 6.45) is 0. The molecule has 3 aromatic carbocycles. The zero-order valence-electron chi connectivity index (χ0n) is 16.2. The van der Waals surface area contributed by atoms with Crippen molar-refractivity contribution in [2.45, 2.75) is 26.6 Å². The zero-order valence-corrected chi connectivity index (χ0v) is 17.8. The molecule has 4 nitrogen and oxygen atoms in total. The van der Waals surface area contributed by atoms with Crippen molar-refractivity contribution in [3.05, 3.63) is 84.4 Å². The molecule has 0 fully saturated rings. The first kappa shape index (κ1) is 22.3. The fourth-order valence-electron chi connectivity index (χ4n) is 2.68. The molecule has 0 aliphatic heterocycles. The van der Waals surface area contributed by atoms with Gasteiger partial charge in [0.1, 0.15) is 19.0 Å². The van der Waals surface area contributed by atoms with E-state index >= 15 is 0 Å². The number of hydrogen-bond donors (Lipinski definition) is 1. The number of benzene rings is 3. The standard InChI is InChI=1S/C22H20F2O4S2/c1-17-7-11-20(12-8-17)29(19-5-3-2-4-6-19)21-13-9-18(10-14-21)28-16-22(24,15-23)30(25,26)27/h2-14H,15-16H2,1H3/p+1. The molecule has 3 rings (SSSR count). The van der Waals surface area contributed by atoms with Crippen LogP contribution in [0.3, 0.4) is 0 Å². The normalized spacial score (nSPS) is 14.7. The van der Waals surface area contributed by atoms with Gasteiger partial charge in [-0.25, -0.2) is 8.78 Å². The number of hydrogen-bond acceptors (Lipinski definition) is 3. The van der Waals surface area contributed by atoms with Crippen LogP contribution in [0, 0.1) is 6.92 Å². The second-order valence-corrected chi connectivity index (χ2v) is 10.4. The van der Waals surface area contributed by atoms with Gasteiger partial charge in [0.05, 0.1) is 10.9 Å². The molecule has 0 aliphatic rings. The van der Waals surface area contributed by atoms with Crippen LogP contribution in [0.1, 0.15) is 5.56 Å². The third-order valence-corrected chi connectivity index (χ3v) is 7.79. The van der Waals surface area contributed by atoms with Crippen molar-refractivity contribution in [3.63, 3.8) is 0 Å². The Bertz CT molecular complexity index is 1070. The van der Waals surface area contributed by atoms with Crippen molar-refractivity contribution in [3.8, 4) is 5.75 Å². The van der Waals surface area contributed by atoms with Gasteiger partial charge in [-0.15, -0.1) is 0 Å². The molecule has 0 aliphatic carbocycles. The molecule has 8 heteroatoms. The summed E-state index contributed by atoms with van der Waals surface area (Å²) in [4.78, 5) is 3.21.